The summed E-state index contributed by atoms with van der Waals surface area (Å²) in [6, 6.07) is 19.9. The van der Waals surface area contributed by atoms with Gasteiger partial charge in [0.05, 0.1) is 0 Å². The van der Waals surface area contributed by atoms with E-state index in [4.69, 9.17) is 4.52 Å². The van der Waals surface area contributed by atoms with Crippen LogP contribution in [0.1, 0.15) is 0 Å². The summed E-state index contributed by atoms with van der Waals surface area (Å²) >= 11 is 4.41. The molecule has 26 heavy (non-hydrogen) atoms. The SMILES string of the molecule is SCCN(c1ccccc1)c1noc(-c2ccccc2)c1-n1cncn1. The van der Waals surface area contributed by atoms with E-state index in [1.165, 1.54) is 6.33 Å². The molecule has 4 rings (SSSR count). The quantitative estimate of drug-likeness (QED) is 0.525. The molecule has 0 radical (unpaired) electrons. The topological polar surface area (TPSA) is 60.0 Å². The van der Waals surface area contributed by atoms with E-state index in [0.717, 1.165) is 16.9 Å². The van der Waals surface area contributed by atoms with Crippen LogP contribution >= 0.6 is 12.6 Å². The first-order valence-electron chi connectivity index (χ1n) is 8.22. The Kier molecular flexibility index (Phi) is 4.70. The van der Waals surface area contributed by atoms with E-state index < -0.39 is 0 Å². The van der Waals surface area contributed by atoms with Crippen LogP contribution < -0.4 is 4.90 Å². The van der Waals surface area contributed by atoms with E-state index in [2.05, 4.69) is 32.8 Å². The summed E-state index contributed by atoms with van der Waals surface area (Å²) in [7, 11) is 0. The van der Waals surface area contributed by atoms with Crippen LogP contribution in [0.2, 0.25) is 0 Å². The molecule has 0 aliphatic rings. The molecule has 0 saturated carbocycles. The zero-order valence-corrected chi connectivity index (χ0v) is 14.8. The second-order valence-electron chi connectivity index (χ2n) is 5.60. The van der Waals surface area contributed by atoms with E-state index in [9.17, 15) is 0 Å². The highest BCUT2D eigenvalue weighted by atomic mass is 32.1. The van der Waals surface area contributed by atoms with Gasteiger partial charge >= 0.3 is 0 Å². The van der Waals surface area contributed by atoms with E-state index in [1.807, 2.05) is 60.7 Å². The van der Waals surface area contributed by atoms with Gasteiger partial charge in [-0.05, 0) is 12.1 Å². The van der Waals surface area contributed by atoms with Gasteiger partial charge in [-0.2, -0.15) is 17.7 Å². The fourth-order valence-electron chi connectivity index (χ4n) is 2.83. The molecule has 0 bridgehead atoms. The zero-order chi connectivity index (χ0) is 17.8. The molecule has 6 nitrogen and oxygen atoms in total. The monoisotopic (exact) mass is 363 g/mol. The highest BCUT2D eigenvalue weighted by Crippen LogP contribution is 2.37. The predicted molar refractivity (Wildman–Crippen MR) is 104 cm³/mol. The Balaban J connectivity index is 1.90. The van der Waals surface area contributed by atoms with Crippen LogP contribution in [0.3, 0.4) is 0 Å². The number of thiol groups is 1. The number of nitrogens with zero attached hydrogens (tertiary/aromatic N) is 5. The van der Waals surface area contributed by atoms with Gasteiger partial charge in [0.25, 0.3) is 0 Å². The first-order valence-corrected chi connectivity index (χ1v) is 8.85. The van der Waals surface area contributed by atoms with Crippen molar-refractivity contribution in [1.29, 1.82) is 0 Å². The third-order valence-electron chi connectivity index (χ3n) is 3.98. The van der Waals surface area contributed by atoms with Crippen LogP contribution in [0.15, 0.2) is 77.8 Å². The van der Waals surface area contributed by atoms with Crippen LogP contribution in [-0.2, 0) is 0 Å². The highest BCUT2D eigenvalue weighted by Gasteiger charge is 2.25. The van der Waals surface area contributed by atoms with Crippen LogP contribution in [0.4, 0.5) is 11.5 Å². The molecule has 0 N–H and O–H groups in total. The Morgan fingerprint density at radius 2 is 1.73 bits per heavy atom. The third kappa shape index (κ3) is 3.09. The van der Waals surface area contributed by atoms with Crippen molar-refractivity contribution in [2.24, 2.45) is 0 Å². The van der Waals surface area contributed by atoms with Crippen LogP contribution in [0, 0.1) is 0 Å². The summed E-state index contributed by atoms with van der Waals surface area (Å²) in [5, 5.41) is 8.67. The third-order valence-corrected chi connectivity index (χ3v) is 4.18. The van der Waals surface area contributed by atoms with Gasteiger partial charge in [0.15, 0.2) is 11.4 Å². The first kappa shape index (κ1) is 16.4. The van der Waals surface area contributed by atoms with E-state index in [0.29, 0.717) is 23.9 Å². The molecule has 7 heteroatoms. The molecule has 2 heterocycles. The number of para-hydroxylation sites is 1. The molecule has 0 spiro atoms. The van der Waals surface area contributed by atoms with Crippen LogP contribution in [-0.4, -0.2) is 32.2 Å². The van der Waals surface area contributed by atoms with Crippen LogP contribution in [0.25, 0.3) is 17.0 Å². The van der Waals surface area contributed by atoms with Crippen molar-refractivity contribution in [3.05, 3.63) is 73.3 Å². The average Bonchev–Trinajstić information content (AvgIpc) is 3.37. The molecular formula is C19H17N5OS. The number of benzene rings is 2. The molecule has 2 aromatic heterocycles. The minimum absolute atomic E-state index is 0.645. The van der Waals surface area contributed by atoms with Crippen molar-refractivity contribution < 1.29 is 4.52 Å². The van der Waals surface area contributed by atoms with Gasteiger partial charge in [0, 0.05) is 23.5 Å². The van der Waals surface area contributed by atoms with Crippen molar-refractivity contribution >= 4 is 24.1 Å². The smallest absolute Gasteiger partial charge is 0.203 e. The second kappa shape index (κ2) is 7.45. The number of anilines is 2. The van der Waals surface area contributed by atoms with Gasteiger partial charge in [-0.15, -0.1) is 0 Å². The Morgan fingerprint density at radius 1 is 1.00 bits per heavy atom. The lowest BCUT2D eigenvalue weighted by atomic mass is 10.1. The minimum atomic E-state index is 0.645. The van der Waals surface area contributed by atoms with E-state index >= 15 is 0 Å². The molecule has 0 aliphatic heterocycles. The summed E-state index contributed by atoms with van der Waals surface area (Å²) in [5.74, 6) is 1.99. The van der Waals surface area contributed by atoms with Crippen molar-refractivity contribution in [1.82, 2.24) is 19.9 Å². The molecular weight excluding hydrogens is 346 g/mol. The lowest BCUT2D eigenvalue weighted by Crippen LogP contribution is -2.21. The molecule has 0 atom stereocenters. The zero-order valence-electron chi connectivity index (χ0n) is 13.9. The Morgan fingerprint density at radius 3 is 2.38 bits per heavy atom. The van der Waals surface area contributed by atoms with Gasteiger partial charge < -0.3 is 9.42 Å². The molecule has 0 fully saturated rings. The number of hydrogen-bond acceptors (Lipinski definition) is 6. The van der Waals surface area contributed by atoms with Gasteiger partial charge in [-0.3, -0.25) is 0 Å². The fraction of sp³-hybridized carbons (Fsp3) is 0.105. The first-order chi connectivity index (χ1) is 12.9. The molecule has 0 amide bonds. The number of aromatic nitrogens is 4. The molecule has 130 valence electrons. The van der Waals surface area contributed by atoms with Gasteiger partial charge in [-0.25, -0.2) is 9.67 Å². The van der Waals surface area contributed by atoms with E-state index in [1.54, 1.807) is 11.0 Å². The van der Waals surface area contributed by atoms with Crippen molar-refractivity contribution in [2.75, 3.05) is 17.2 Å². The molecule has 0 aliphatic carbocycles. The predicted octanol–water partition coefficient (Wildman–Crippen LogP) is 3.99. The highest BCUT2D eigenvalue weighted by molar-refractivity contribution is 7.80. The molecule has 4 aromatic rings. The van der Waals surface area contributed by atoms with Gasteiger partial charge in [0.1, 0.15) is 12.7 Å². The fourth-order valence-corrected chi connectivity index (χ4v) is 3.03. The maximum absolute atomic E-state index is 5.75. The molecule has 0 unspecified atom stereocenters. The Labute approximate surface area is 156 Å². The van der Waals surface area contributed by atoms with Gasteiger partial charge in [0.2, 0.25) is 5.82 Å². The summed E-state index contributed by atoms with van der Waals surface area (Å²) in [6.45, 7) is 0.676. The number of hydrogen-bond donors (Lipinski definition) is 1. The summed E-state index contributed by atoms with van der Waals surface area (Å²) < 4.78 is 7.43. The summed E-state index contributed by atoms with van der Waals surface area (Å²) in [6.07, 6.45) is 3.14. The lowest BCUT2D eigenvalue weighted by molar-refractivity contribution is 0.432. The van der Waals surface area contributed by atoms with Crippen molar-refractivity contribution in [2.45, 2.75) is 0 Å². The van der Waals surface area contributed by atoms with Crippen molar-refractivity contribution in [3.8, 4) is 17.0 Å². The standard InChI is InChI=1S/C19H17N5OS/c26-12-11-23(16-9-5-2-6-10-16)19-17(24-14-20-13-21-24)18(25-22-19)15-7-3-1-4-8-15/h1-10,13-14,26H,11-12H2. The molecule has 2 aromatic carbocycles. The average molecular weight is 363 g/mol. The normalized spacial score (nSPS) is 10.8. The van der Waals surface area contributed by atoms with Crippen LogP contribution in [0.5, 0.6) is 0 Å². The Hall–Kier alpha value is -3.06. The van der Waals surface area contributed by atoms with Gasteiger partial charge in [-0.1, -0.05) is 53.7 Å². The number of rotatable bonds is 6. The summed E-state index contributed by atoms with van der Waals surface area (Å²) in [4.78, 5) is 6.15. The second-order valence-corrected chi connectivity index (χ2v) is 6.05. The Bertz CT molecular complexity index is 954. The largest absolute Gasteiger partial charge is 0.352 e. The lowest BCUT2D eigenvalue weighted by Gasteiger charge is -2.22. The van der Waals surface area contributed by atoms with Crippen molar-refractivity contribution in [3.63, 3.8) is 0 Å². The molecule has 0 saturated heterocycles. The van der Waals surface area contributed by atoms with E-state index in [-0.39, 0.29) is 0 Å². The maximum Gasteiger partial charge on any atom is 0.203 e. The maximum atomic E-state index is 5.75. The minimum Gasteiger partial charge on any atom is -0.352 e. The summed E-state index contributed by atoms with van der Waals surface area (Å²) in [5.41, 5.74) is 2.69.